The van der Waals surface area contributed by atoms with Gasteiger partial charge in [-0.1, -0.05) is 6.07 Å². The van der Waals surface area contributed by atoms with Gasteiger partial charge in [0, 0.05) is 23.7 Å². The van der Waals surface area contributed by atoms with E-state index in [1.54, 1.807) is 0 Å². The molecule has 1 saturated carbocycles. The van der Waals surface area contributed by atoms with Crippen LogP contribution in [0.3, 0.4) is 0 Å². The fourth-order valence-corrected chi connectivity index (χ4v) is 4.59. The van der Waals surface area contributed by atoms with Gasteiger partial charge in [0.1, 0.15) is 5.60 Å². The first-order chi connectivity index (χ1) is 16.2. The molecule has 8 nitrogen and oxygen atoms in total. The van der Waals surface area contributed by atoms with E-state index in [1.807, 2.05) is 39.1 Å². The molecule has 190 valence electrons. The summed E-state index contributed by atoms with van der Waals surface area (Å²) in [7, 11) is -0.410. The minimum Gasteiger partial charge on any atom is -0.444 e. The molecule has 0 radical (unpaired) electrons. The van der Waals surface area contributed by atoms with Crippen LogP contribution in [-0.2, 0) is 14.0 Å². The zero-order chi connectivity index (χ0) is 25.6. The van der Waals surface area contributed by atoms with Crippen molar-refractivity contribution in [2.24, 2.45) is 0 Å². The first-order valence-corrected chi connectivity index (χ1v) is 12.6. The number of aromatic nitrogens is 2. The third kappa shape index (κ3) is 5.72. The predicted octanol–water partition coefficient (Wildman–Crippen LogP) is 4.49. The Labute approximate surface area is 209 Å². The summed E-state index contributed by atoms with van der Waals surface area (Å²) in [5, 5.41) is 7.46. The molecule has 2 aliphatic rings. The van der Waals surface area contributed by atoms with E-state index in [0.717, 1.165) is 47.6 Å². The summed E-state index contributed by atoms with van der Waals surface area (Å²) in [5.41, 5.74) is 1.72. The van der Waals surface area contributed by atoms with Gasteiger partial charge in [0.2, 0.25) is 5.95 Å². The number of amides is 1. The lowest BCUT2D eigenvalue weighted by atomic mass is 9.75. The molecule has 1 amide bonds. The van der Waals surface area contributed by atoms with Gasteiger partial charge in [-0.25, -0.2) is 14.8 Å². The molecule has 2 fully saturated rings. The number of fused-ring (bicyclic) bond motifs is 1. The zero-order valence-electron chi connectivity index (χ0n) is 22.3. The molecule has 0 bridgehead atoms. The third-order valence-electron chi connectivity index (χ3n) is 7.36. The van der Waals surface area contributed by atoms with Gasteiger partial charge in [-0.3, -0.25) is 0 Å². The van der Waals surface area contributed by atoms with Crippen molar-refractivity contribution in [2.45, 2.75) is 110 Å². The lowest BCUT2D eigenvalue weighted by Gasteiger charge is -2.32. The van der Waals surface area contributed by atoms with Gasteiger partial charge in [0.25, 0.3) is 0 Å². The summed E-state index contributed by atoms with van der Waals surface area (Å²) in [6.45, 7) is 15.9. The molecule has 0 atom stereocenters. The number of alkyl carbamates (subject to hydrolysis) is 1. The number of aryl methyl sites for hydroxylation is 1. The van der Waals surface area contributed by atoms with Gasteiger partial charge < -0.3 is 24.7 Å². The average molecular weight is 482 g/mol. The van der Waals surface area contributed by atoms with Gasteiger partial charge in [-0.2, -0.15) is 0 Å². The first kappa shape index (κ1) is 25.7. The molecular formula is C26H39BN4O4. The van der Waals surface area contributed by atoms with Gasteiger partial charge >= 0.3 is 13.2 Å². The van der Waals surface area contributed by atoms with Crippen LogP contribution in [0.1, 0.15) is 79.7 Å². The number of carbonyl (C=O) groups is 1. The molecule has 2 heterocycles. The molecule has 1 saturated heterocycles. The van der Waals surface area contributed by atoms with E-state index >= 15 is 0 Å². The third-order valence-corrected chi connectivity index (χ3v) is 7.36. The summed E-state index contributed by atoms with van der Waals surface area (Å²) in [6, 6.07) is 4.46. The topological polar surface area (TPSA) is 94.6 Å². The van der Waals surface area contributed by atoms with E-state index in [0.29, 0.717) is 5.95 Å². The molecule has 4 rings (SSSR count). The van der Waals surface area contributed by atoms with Crippen LogP contribution < -0.4 is 16.1 Å². The number of carbonyl (C=O) groups excluding carboxylic acids is 1. The largest absolute Gasteiger partial charge is 0.495 e. The first-order valence-electron chi connectivity index (χ1n) is 12.6. The Morgan fingerprint density at radius 2 is 1.66 bits per heavy atom. The fraction of sp³-hybridized carbons (Fsp3) is 0.654. The number of nitrogens with one attached hydrogen (secondary N) is 2. The van der Waals surface area contributed by atoms with E-state index < -0.39 is 12.7 Å². The summed E-state index contributed by atoms with van der Waals surface area (Å²) in [5.74, 6) is 0.629. The number of rotatable bonds is 4. The van der Waals surface area contributed by atoms with Gasteiger partial charge in [0.05, 0.1) is 16.7 Å². The van der Waals surface area contributed by atoms with Crippen molar-refractivity contribution in [3.63, 3.8) is 0 Å². The van der Waals surface area contributed by atoms with E-state index in [-0.39, 0.29) is 29.4 Å². The highest BCUT2D eigenvalue weighted by Gasteiger charge is 2.52. The minimum atomic E-state index is -0.486. The standard InChI is InChI=1S/C26H39BN4O4/c1-16-19-15-28-22(29-17-9-11-18(12-10-17)30-23(32)33-24(2,3)4)31-21(19)14-13-20(16)27-34-25(5,6)26(7,8)35-27/h13-15,17-18H,9-12H2,1-8H3,(H,30,32)(H,28,29,31). The molecule has 1 aliphatic carbocycles. The van der Waals surface area contributed by atoms with E-state index in [2.05, 4.69) is 50.2 Å². The molecule has 0 unspecified atom stereocenters. The Morgan fingerprint density at radius 3 is 2.26 bits per heavy atom. The molecular weight excluding hydrogens is 443 g/mol. The van der Waals surface area contributed by atoms with Crippen molar-refractivity contribution in [3.8, 4) is 0 Å². The number of anilines is 1. The van der Waals surface area contributed by atoms with Crippen LogP contribution in [0.4, 0.5) is 10.7 Å². The lowest BCUT2D eigenvalue weighted by Crippen LogP contribution is -2.42. The fourth-order valence-electron chi connectivity index (χ4n) is 4.59. The maximum atomic E-state index is 12.0. The Kier molecular flexibility index (Phi) is 6.79. The van der Waals surface area contributed by atoms with Crippen LogP contribution in [0.15, 0.2) is 18.3 Å². The normalized spacial score (nSPS) is 23.8. The smallest absolute Gasteiger partial charge is 0.444 e. The van der Waals surface area contributed by atoms with E-state index in [4.69, 9.17) is 19.0 Å². The molecule has 9 heteroatoms. The number of hydrogen-bond donors (Lipinski definition) is 2. The van der Waals surface area contributed by atoms with Crippen LogP contribution in [0.25, 0.3) is 10.9 Å². The number of ether oxygens (including phenoxy) is 1. The zero-order valence-corrected chi connectivity index (χ0v) is 22.3. The van der Waals surface area contributed by atoms with Crippen LogP contribution in [0.2, 0.25) is 0 Å². The lowest BCUT2D eigenvalue weighted by molar-refractivity contribution is 0.00578. The highest BCUT2D eigenvalue weighted by molar-refractivity contribution is 6.63. The van der Waals surface area contributed by atoms with Crippen molar-refractivity contribution in [2.75, 3.05) is 5.32 Å². The molecule has 2 N–H and O–H groups in total. The van der Waals surface area contributed by atoms with Gasteiger partial charge in [-0.15, -0.1) is 0 Å². The molecule has 1 aromatic carbocycles. The SMILES string of the molecule is Cc1c(B2OC(C)(C)C(C)(C)O2)ccc2nc(NC3CCC(NC(=O)OC(C)(C)C)CC3)ncc12. The number of nitrogens with zero attached hydrogens (tertiary/aromatic N) is 2. The number of benzene rings is 1. The van der Waals surface area contributed by atoms with Crippen LogP contribution in [-0.4, -0.2) is 52.1 Å². The molecule has 35 heavy (non-hydrogen) atoms. The second-order valence-electron chi connectivity index (χ2n) is 11.8. The second kappa shape index (κ2) is 9.24. The molecule has 1 aliphatic heterocycles. The summed E-state index contributed by atoms with van der Waals surface area (Å²) in [4.78, 5) is 21.4. The highest BCUT2D eigenvalue weighted by atomic mass is 16.7. The van der Waals surface area contributed by atoms with Crippen LogP contribution >= 0.6 is 0 Å². The van der Waals surface area contributed by atoms with Gasteiger partial charge in [0.15, 0.2) is 0 Å². The van der Waals surface area contributed by atoms with Gasteiger partial charge in [-0.05, 0) is 98.2 Å². The monoisotopic (exact) mass is 482 g/mol. The van der Waals surface area contributed by atoms with Crippen molar-refractivity contribution in [1.82, 2.24) is 15.3 Å². The van der Waals surface area contributed by atoms with Crippen molar-refractivity contribution in [3.05, 3.63) is 23.9 Å². The maximum Gasteiger partial charge on any atom is 0.495 e. The number of hydrogen-bond acceptors (Lipinski definition) is 7. The van der Waals surface area contributed by atoms with Crippen LogP contribution in [0, 0.1) is 6.92 Å². The minimum absolute atomic E-state index is 0.136. The predicted molar refractivity (Wildman–Crippen MR) is 139 cm³/mol. The molecule has 0 spiro atoms. The quantitative estimate of drug-likeness (QED) is 0.621. The Balaban J connectivity index is 1.38. The second-order valence-corrected chi connectivity index (χ2v) is 11.8. The van der Waals surface area contributed by atoms with Crippen molar-refractivity contribution < 1.29 is 18.8 Å². The van der Waals surface area contributed by atoms with Crippen molar-refractivity contribution >= 4 is 35.5 Å². The Bertz CT molecular complexity index is 1070. The van der Waals surface area contributed by atoms with Crippen molar-refractivity contribution in [1.29, 1.82) is 0 Å². The Hall–Kier alpha value is -2.39. The summed E-state index contributed by atoms with van der Waals surface area (Å²) < 4.78 is 17.9. The Morgan fingerprint density at radius 1 is 1.06 bits per heavy atom. The maximum absolute atomic E-state index is 12.0. The highest BCUT2D eigenvalue weighted by Crippen LogP contribution is 2.37. The molecule has 1 aromatic heterocycles. The van der Waals surface area contributed by atoms with Crippen LogP contribution in [0.5, 0.6) is 0 Å². The van der Waals surface area contributed by atoms with E-state index in [1.165, 1.54) is 0 Å². The molecule has 2 aromatic rings. The summed E-state index contributed by atoms with van der Waals surface area (Å²) in [6.07, 6.45) is 5.18. The van der Waals surface area contributed by atoms with E-state index in [9.17, 15) is 4.79 Å². The average Bonchev–Trinajstić information content (AvgIpc) is 2.95. The summed E-state index contributed by atoms with van der Waals surface area (Å²) >= 11 is 0.